The quantitative estimate of drug-likeness (QED) is 0.873. The molecule has 15 heavy (non-hydrogen) atoms. The lowest BCUT2D eigenvalue weighted by Crippen LogP contribution is -2.33. The van der Waals surface area contributed by atoms with Gasteiger partial charge in [0, 0.05) is 12.2 Å². The minimum Gasteiger partial charge on any atom is -0.472 e. The van der Waals surface area contributed by atoms with Gasteiger partial charge in [0.05, 0.1) is 5.02 Å². The topological polar surface area (TPSA) is 48.1 Å². The van der Waals surface area contributed by atoms with Crippen molar-refractivity contribution in [2.75, 3.05) is 0 Å². The number of pyridine rings is 1. The minimum absolute atomic E-state index is 0.0242. The molecule has 1 aromatic heterocycles. The predicted octanol–water partition coefficient (Wildman–Crippen LogP) is 2.65. The van der Waals surface area contributed by atoms with Crippen LogP contribution in [-0.2, 0) is 0 Å². The van der Waals surface area contributed by atoms with E-state index in [9.17, 15) is 0 Å². The molecule has 3 nitrogen and oxygen atoms in total. The summed E-state index contributed by atoms with van der Waals surface area (Å²) in [6.07, 6.45) is 4.59. The van der Waals surface area contributed by atoms with E-state index in [4.69, 9.17) is 33.7 Å². The number of nitrogens with two attached hydrogens (primary N) is 1. The first kappa shape index (κ1) is 11.0. The van der Waals surface area contributed by atoms with Crippen LogP contribution in [0.15, 0.2) is 12.3 Å². The number of halogens is 2. The largest absolute Gasteiger partial charge is 0.472 e. The van der Waals surface area contributed by atoms with Crippen molar-refractivity contribution in [3.8, 4) is 5.88 Å². The first-order chi connectivity index (χ1) is 7.16. The molecule has 1 aliphatic rings. The zero-order chi connectivity index (χ0) is 10.8. The molecule has 0 aromatic carbocycles. The fraction of sp³-hybridized carbons (Fsp3) is 0.500. The molecule has 0 amide bonds. The van der Waals surface area contributed by atoms with Crippen molar-refractivity contribution >= 4 is 23.2 Å². The molecule has 2 N–H and O–H groups in total. The fourth-order valence-corrected chi connectivity index (χ4v) is 2.16. The molecule has 0 radical (unpaired) electrons. The number of ether oxygens (including phenoxy) is 1. The highest BCUT2D eigenvalue weighted by atomic mass is 35.5. The summed E-state index contributed by atoms with van der Waals surface area (Å²) in [5.41, 5.74) is 5.88. The van der Waals surface area contributed by atoms with E-state index in [0.29, 0.717) is 15.9 Å². The fourth-order valence-electron chi connectivity index (χ4n) is 1.73. The second kappa shape index (κ2) is 4.56. The van der Waals surface area contributed by atoms with Crippen LogP contribution in [0, 0.1) is 0 Å². The van der Waals surface area contributed by atoms with Crippen molar-refractivity contribution in [2.45, 2.75) is 31.4 Å². The smallest absolute Gasteiger partial charge is 0.232 e. The maximum absolute atomic E-state index is 5.94. The highest BCUT2D eigenvalue weighted by Crippen LogP contribution is 2.28. The maximum atomic E-state index is 5.94. The second-order valence-corrected chi connectivity index (χ2v) is 4.54. The monoisotopic (exact) mass is 246 g/mol. The molecule has 5 heteroatoms. The van der Waals surface area contributed by atoms with E-state index >= 15 is 0 Å². The van der Waals surface area contributed by atoms with Crippen molar-refractivity contribution in [1.82, 2.24) is 4.98 Å². The Morgan fingerprint density at radius 3 is 2.80 bits per heavy atom. The predicted molar refractivity (Wildman–Crippen MR) is 60.5 cm³/mol. The number of rotatable bonds is 2. The zero-order valence-electron chi connectivity index (χ0n) is 8.12. The van der Waals surface area contributed by atoms with Gasteiger partial charge in [-0.1, -0.05) is 23.2 Å². The van der Waals surface area contributed by atoms with Crippen LogP contribution in [0.25, 0.3) is 0 Å². The summed E-state index contributed by atoms with van der Waals surface area (Å²) in [5, 5.41) is 0.935. The van der Waals surface area contributed by atoms with Gasteiger partial charge in [-0.3, -0.25) is 0 Å². The van der Waals surface area contributed by atoms with E-state index in [2.05, 4.69) is 4.98 Å². The maximum Gasteiger partial charge on any atom is 0.232 e. The van der Waals surface area contributed by atoms with Crippen molar-refractivity contribution in [3.63, 3.8) is 0 Å². The van der Waals surface area contributed by atoms with Gasteiger partial charge in [0.1, 0.15) is 11.1 Å². The average Bonchev–Trinajstić information content (AvgIpc) is 2.57. The second-order valence-electron chi connectivity index (χ2n) is 3.69. The highest BCUT2D eigenvalue weighted by Gasteiger charge is 2.26. The van der Waals surface area contributed by atoms with Gasteiger partial charge in [-0.25, -0.2) is 4.98 Å². The molecule has 2 atom stereocenters. The summed E-state index contributed by atoms with van der Waals surface area (Å²) in [5.74, 6) is 0.420. The average molecular weight is 247 g/mol. The zero-order valence-corrected chi connectivity index (χ0v) is 9.63. The minimum atomic E-state index is 0.0242. The Bertz CT molecular complexity index is 359. The number of aromatic nitrogens is 1. The summed E-state index contributed by atoms with van der Waals surface area (Å²) in [6, 6.07) is 1.70. The first-order valence-corrected chi connectivity index (χ1v) is 5.65. The van der Waals surface area contributed by atoms with Crippen LogP contribution in [0.3, 0.4) is 0 Å². The van der Waals surface area contributed by atoms with Gasteiger partial charge in [0.2, 0.25) is 5.88 Å². The Labute approximate surface area is 98.5 Å². The lowest BCUT2D eigenvalue weighted by molar-refractivity contribution is 0.184. The van der Waals surface area contributed by atoms with E-state index in [1.54, 1.807) is 6.07 Å². The molecule has 0 spiro atoms. The van der Waals surface area contributed by atoms with E-state index in [1.807, 2.05) is 0 Å². The van der Waals surface area contributed by atoms with Crippen molar-refractivity contribution in [2.24, 2.45) is 5.73 Å². The summed E-state index contributed by atoms with van der Waals surface area (Å²) >= 11 is 11.7. The van der Waals surface area contributed by atoms with Gasteiger partial charge in [-0.05, 0) is 25.3 Å². The lowest BCUT2D eigenvalue weighted by Gasteiger charge is -2.17. The van der Waals surface area contributed by atoms with Gasteiger partial charge in [-0.2, -0.15) is 0 Å². The van der Waals surface area contributed by atoms with Gasteiger partial charge in [-0.15, -0.1) is 0 Å². The lowest BCUT2D eigenvalue weighted by atomic mass is 10.2. The molecule has 1 heterocycles. The van der Waals surface area contributed by atoms with Crippen LogP contribution in [0.4, 0.5) is 0 Å². The Balaban J connectivity index is 2.10. The number of hydrogen-bond acceptors (Lipinski definition) is 3. The third kappa shape index (κ3) is 2.54. The molecule has 0 bridgehead atoms. The Kier molecular flexibility index (Phi) is 3.34. The molecule has 1 aromatic rings. The van der Waals surface area contributed by atoms with Gasteiger partial charge in [0.25, 0.3) is 0 Å². The molecule has 0 saturated heterocycles. The normalized spacial score (nSPS) is 25.5. The third-order valence-electron chi connectivity index (χ3n) is 2.54. The molecular weight excluding hydrogens is 235 g/mol. The number of nitrogens with zero attached hydrogens (tertiary/aromatic N) is 1. The van der Waals surface area contributed by atoms with Crippen LogP contribution in [-0.4, -0.2) is 17.1 Å². The van der Waals surface area contributed by atoms with Crippen LogP contribution < -0.4 is 10.5 Å². The summed E-state index contributed by atoms with van der Waals surface area (Å²) < 4.78 is 5.65. The highest BCUT2D eigenvalue weighted by molar-refractivity contribution is 6.35. The Morgan fingerprint density at radius 1 is 1.40 bits per heavy atom. The van der Waals surface area contributed by atoms with Gasteiger partial charge < -0.3 is 10.5 Å². The van der Waals surface area contributed by atoms with E-state index in [0.717, 1.165) is 19.3 Å². The third-order valence-corrected chi connectivity index (χ3v) is 3.02. The van der Waals surface area contributed by atoms with E-state index in [1.165, 1.54) is 6.20 Å². The van der Waals surface area contributed by atoms with Crippen LogP contribution in [0.2, 0.25) is 10.0 Å². The Morgan fingerprint density at radius 2 is 2.20 bits per heavy atom. The molecule has 82 valence electrons. The van der Waals surface area contributed by atoms with E-state index < -0.39 is 0 Å². The molecule has 2 rings (SSSR count). The van der Waals surface area contributed by atoms with Gasteiger partial charge >= 0.3 is 0 Å². The molecule has 1 aliphatic carbocycles. The molecule has 2 unspecified atom stereocenters. The van der Waals surface area contributed by atoms with Crippen LogP contribution in [0.5, 0.6) is 5.88 Å². The van der Waals surface area contributed by atoms with Crippen molar-refractivity contribution in [3.05, 3.63) is 22.3 Å². The van der Waals surface area contributed by atoms with E-state index in [-0.39, 0.29) is 12.1 Å². The summed E-state index contributed by atoms with van der Waals surface area (Å²) in [7, 11) is 0. The number of hydrogen-bond donors (Lipinski definition) is 1. The molecule has 0 aliphatic heterocycles. The van der Waals surface area contributed by atoms with Crippen molar-refractivity contribution < 1.29 is 4.74 Å². The summed E-state index contributed by atoms with van der Waals surface area (Å²) in [6.45, 7) is 0. The van der Waals surface area contributed by atoms with Crippen LogP contribution in [0.1, 0.15) is 19.3 Å². The SMILES string of the molecule is NC1CCCC1Oc1ncc(Cl)cc1Cl. The van der Waals surface area contributed by atoms with Crippen LogP contribution >= 0.6 is 23.2 Å². The molecular formula is C10H12Cl2N2O. The first-order valence-electron chi connectivity index (χ1n) is 4.90. The summed E-state index contributed by atoms with van der Waals surface area (Å²) in [4.78, 5) is 4.03. The Hall–Kier alpha value is -0.510. The molecule has 1 fully saturated rings. The van der Waals surface area contributed by atoms with Gasteiger partial charge in [0.15, 0.2) is 0 Å². The van der Waals surface area contributed by atoms with Crippen molar-refractivity contribution in [1.29, 1.82) is 0 Å². The molecule has 1 saturated carbocycles. The standard InChI is InChI=1S/C10H12Cl2N2O/c11-6-4-7(12)10(14-5-6)15-9-3-1-2-8(9)13/h4-5,8-9H,1-3,13H2.